The molecule has 1 saturated heterocycles. The Morgan fingerprint density at radius 3 is 3.00 bits per heavy atom. The quantitative estimate of drug-likeness (QED) is 0.431. The number of nitrogens with zero attached hydrogens (tertiary/aromatic N) is 4. The fourth-order valence-corrected chi connectivity index (χ4v) is 5.00. The zero-order chi connectivity index (χ0) is 22.8. The van der Waals surface area contributed by atoms with Crippen LogP contribution in [0.5, 0.6) is 5.75 Å². The van der Waals surface area contributed by atoms with Gasteiger partial charge in [0.2, 0.25) is 0 Å². The largest absolute Gasteiger partial charge is 0.497 e. The van der Waals surface area contributed by atoms with Crippen LogP contribution in [0, 0.1) is 0 Å². The molecule has 9 heteroatoms. The smallest absolute Gasteiger partial charge is 0.128 e. The Kier molecular flexibility index (Phi) is 6.45. The Morgan fingerprint density at radius 1 is 1.24 bits per heavy atom. The van der Waals surface area contributed by atoms with Crippen molar-refractivity contribution in [3.8, 4) is 5.75 Å². The number of piperidine rings is 1. The molecule has 0 bridgehead atoms. The van der Waals surface area contributed by atoms with E-state index < -0.39 is 12.3 Å². The first-order chi connectivity index (χ1) is 16.1. The van der Waals surface area contributed by atoms with Gasteiger partial charge in [0.25, 0.3) is 0 Å². The molecule has 4 aromatic rings. The topological polar surface area (TPSA) is 83.4 Å². The molecule has 0 amide bonds. The van der Waals surface area contributed by atoms with Gasteiger partial charge in [-0.25, -0.2) is 4.39 Å². The Balaban J connectivity index is 1.19. The Labute approximate surface area is 195 Å². The maximum Gasteiger partial charge on any atom is 0.128 e. The van der Waals surface area contributed by atoms with Crippen LogP contribution in [0.3, 0.4) is 0 Å². The highest BCUT2D eigenvalue weighted by atomic mass is 32.1. The summed E-state index contributed by atoms with van der Waals surface area (Å²) in [6.07, 6.45) is 0.627. The molecular weight excluding hydrogens is 441 g/mol. The zero-order valence-corrected chi connectivity index (χ0v) is 19.1. The molecule has 3 heterocycles. The van der Waals surface area contributed by atoms with E-state index in [1.807, 2.05) is 47.4 Å². The minimum Gasteiger partial charge on any atom is -0.497 e. The molecule has 2 aromatic carbocycles. The molecule has 33 heavy (non-hydrogen) atoms. The van der Waals surface area contributed by atoms with Crippen LogP contribution in [-0.4, -0.2) is 63.5 Å². The van der Waals surface area contributed by atoms with Crippen LogP contribution in [0.4, 0.5) is 4.39 Å². The van der Waals surface area contributed by atoms with Crippen molar-refractivity contribution in [1.29, 1.82) is 0 Å². The van der Waals surface area contributed by atoms with Crippen molar-refractivity contribution in [2.75, 3.05) is 26.7 Å². The second-order valence-corrected chi connectivity index (χ2v) is 9.21. The number of alkyl halides is 1. The average molecular weight is 468 g/mol. The number of ether oxygens (including phenoxy) is 1. The van der Waals surface area contributed by atoms with Gasteiger partial charge in [-0.1, -0.05) is 10.6 Å². The lowest BCUT2D eigenvalue weighted by atomic mass is 9.99. The maximum absolute atomic E-state index is 15.0. The minimum absolute atomic E-state index is 0.214. The summed E-state index contributed by atoms with van der Waals surface area (Å²) in [6.45, 7) is 1.97. The summed E-state index contributed by atoms with van der Waals surface area (Å²) >= 11 is 1.37. The number of rotatable bonds is 7. The minimum atomic E-state index is -1.01. The number of methoxy groups -OCH3 is 1. The van der Waals surface area contributed by atoms with Gasteiger partial charge in [-0.15, -0.1) is 5.10 Å². The van der Waals surface area contributed by atoms with E-state index in [4.69, 9.17) is 4.74 Å². The zero-order valence-electron chi connectivity index (χ0n) is 18.3. The molecule has 3 atom stereocenters. The molecule has 5 rings (SSSR count). The highest BCUT2D eigenvalue weighted by Crippen LogP contribution is 2.28. The van der Waals surface area contributed by atoms with E-state index in [0.29, 0.717) is 25.3 Å². The summed E-state index contributed by atoms with van der Waals surface area (Å²) < 4.78 is 25.3. The van der Waals surface area contributed by atoms with E-state index >= 15 is 0 Å². The molecule has 2 N–H and O–H groups in total. The molecular formula is C24H26FN5O2S. The van der Waals surface area contributed by atoms with E-state index in [2.05, 4.69) is 19.9 Å². The van der Waals surface area contributed by atoms with Gasteiger partial charge in [0.1, 0.15) is 17.4 Å². The molecule has 0 saturated carbocycles. The third kappa shape index (κ3) is 4.81. The molecule has 1 aliphatic rings. The fourth-order valence-electron chi connectivity index (χ4n) is 4.46. The second-order valence-electron chi connectivity index (χ2n) is 8.43. The van der Waals surface area contributed by atoms with Crippen LogP contribution in [0.2, 0.25) is 0 Å². The number of hydrogen-bond acceptors (Lipinski definition) is 8. The predicted molar refractivity (Wildman–Crippen MR) is 127 cm³/mol. The SMILES string of the molecule is COc1ccc2nccc(C(O)CN3CC[C@H](NCc4ccc5snnc5c4)[C@H](F)C3)c2c1. The van der Waals surface area contributed by atoms with Crippen molar-refractivity contribution in [2.24, 2.45) is 0 Å². The summed E-state index contributed by atoms with van der Waals surface area (Å²) in [6, 6.07) is 13.3. The molecule has 172 valence electrons. The maximum atomic E-state index is 15.0. The fraction of sp³-hybridized carbons (Fsp3) is 0.375. The number of aliphatic hydroxyl groups is 1. The number of nitrogens with one attached hydrogen (secondary N) is 1. The lowest BCUT2D eigenvalue weighted by Crippen LogP contribution is -2.51. The second kappa shape index (κ2) is 9.64. The van der Waals surface area contributed by atoms with Crippen molar-refractivity contribution in [2.45, 2.75) is 31.3 Å². The number of pyridine rings is 1. The van der Waals surface area contributed by atoms with Crippen molar-refractivity contribution in [3.05, 3.63) is 59.8 Å². The first kappa shape index (κ1) is 22.1. The third-order valence-corrected chi connectivity index (χ3v) is 6.98. The van der Waals surface area contributed by atoms with Gasteiger partial charge in [-0.2, -0.15) is 0 Å². The highest BCUT2D eigenvalue weighted by Gasteiger charge is 2.30. The van der Waals surface area contributed by atoms with Crippen LogP contribution in [-0.2, 0) is 6.54 Å². The van der Waals surface area contributed by atoms with Crippen LogP contribution >= 0.6 is 11.5 Å². The Hall–Kier alpha value is -2.72. The van der Waals surface area contributed by atoms with Gasteiger partial charge in [-0.05, 0) is 72.0 Å². The molecule has 2 aromatic heterocycles. The standard InChI is InChI=1S/C24H26FN5O2S/c1-32-16-3-4-20-18(11-16)17(6-8-26-20)23(31)14-30-9-7-21(19(25)13-30)27-12-15-2-5-24-22(10-15)28-29-33-24/h2-6,8,10-11,19,21,23,27,31H,7,9,12-14H2,1H3/t19-,21+,23?/m1/s1. The molecule has 7 nitrogen and oxygen atoms in total. The molecule has 0 spiro atoms. The van der Waals surface area contributed by atoms with Crippen molar-refractivity contribution < 1.29 is 14.2 Å². The lowest BCUT2D eigenvalue weighted by Gasteiger charge is -2.36. The van der Waals surface area contributed by atoms with Gasteiger partial charge in [0, 0.05) is 37.3 Å². The summed E-state index contributed by atoms with van der Waals surface area (Å²) in [7, 11) is 1.61. The number of benzene rings is 2. The monoisotopic (exact) mass is 467 g/mol. The normalized spacial score (nSPS) is 20.3. The molecule has 0 radical (unpaired) electrons. The summed E-state index contributed by atoms with van der Waals surface area (Å²) in [5.41, 5.74) is 3.52. The Bertz CT molecular complexity index is 1250. The molecule has 1 aliphatic heterocycles. The number of aromatic nitrogens is 3. The van der Waals surface area contributed by atoms with Crippen LogP contribution < -0.4 is 10.1 Å². The molecule has 1 unspecified atom stereocenters. The third-order valence-electron chi connectivity index (χ3n) is 6.28. The van der Waals surface area contributed by atoms with E-state index in [1.54, 1.807) is 13.3 Å². The number of halogens is 1. The first-order valence-electron chi connectivity index (χ1n) is 11.0. The number of hydrogen-bond donors (Lipinski definition) is 2. The van der Waals surface area contributed by atoms with E-state index in [9.17, 15) is 9.50 Å². The van der Waals surface area contributed by atoms with Gasteiger partial charge in [0.15, 0.2) is 0 Å². The number of aliphatic hydroxyl groups excluding tert-OH is 1. The lowest BCUT2D eigenvalue weighted by molar-refractivity contribution is 0.0571. The van der Waals surface area contributed by atoms with Crippen LogP contribution in [0.15, 0.2) is 48.7 Å². The first-order valence-corrected chi connectivity index (χ1v) is 11.8. The van der Waals surface area contributed by atoms with Gasteiger partial charge in [-0.3, -0.25) is 9.88 Å². The molecule has 0 aliphatic carbocycles. The number of β-amino-alcohol motifs (C(OH)–C–C–N with tert-alkyl or cyclic N) is 1. The van der Waals surface area contributed by atoms with E-state index in [-0.39, 0.29) is 12.6 Å². The summed E-state index contributed by atoms with van der Waals surface area (Å²) in [5, 5.41) is 19.3. The molecule has 1 fully saturated rings. The van der Waals surface area contributed by atoms with Crippen LogP contribution in [0.1, 0.15) is 23.7 Å². The van der Waals surface area contributed by atoms with Gasteiger partial charge in [0.05, 0.1) is 23.4 Å². The number of fused-ring (bicyclic) bond motifs is 2. The predicted octanol–water partition coefficient (Wildman–Crippen LogP) is 3.48. The van der Waals surface area contributed by atoms with E-state index in [1.165, 1.54) is 11.5 Å². The van der Waals surface area contributed by atoms with E-state index in [0.717, 1.165) is 38.8 Å². The van der Waals surface area contributed by atoms with Crippen LogP contribution in [0.25, 0.3) is 21.1 Å². The Morgan fingerprint density at radius 2 is 2.15 bits per heavy atom. The van der Waals surface area contributed by atoms with Crippen molar-refractivity contribution >= 4 is 32.7 Å². The van der Waals surface area contributed by atoms with Gasteiger partial charge >= 0.3 is 0 Å². The summed E-state index contributed by atoms with van der Waals surface area (Å²) in [5.74, 6) is 0.713. The summed E-state index contributed by atoms with van der Waals surface area (Å²) in [4.78, 5) is 6.37. The number of likely N-dealkylation sites (tertiary alicyclic amines) is 1. The van der Waals surface area contributed by atoms with Crippen molar-refractivity contribution in [1.82, 2.24) is 24.8 Å². The average Bonchev–Trinajstić information content (AvgIpc) is 3.30. The highest BCUT2D eigenvalue weighted by molar-refractivity contribution is 7.12. The van der Waals surface area contributed by atoms with Crippen molar-refractivity contribution in [3.63, 3.8) is 0 Å². The van der Waals surface area contributed by atoms with Gasteiger partial charge < -0.3 is 15.2 Å².